The van der Waals surface area contributed by atoms with Crippen molar-refractivity contribution in [2.45, 2.75) is 13.0 Å². The van der Waals surface area contributed by atoms with Crippen LogP contribution in [-0.4, -0.2) is 11.9 Å². The van der Waals surface area contributed by atoms with E-state index < -0.39 is 0 Å². The van der Waals surface area contributed by atoms with Crippen LogP contribution >= 0.6 is 11.6 Å². The zero-order valence-corrected chi connectivity index (χ0v) is 12.0. The van der Waals surface area contributed by atoms with Crippen molar-refractivity contribution in [3.05, 3.63) is 76.8 Å². The number of carbonyl (C=O) groups is 1. The Morgan fingerprint density at radius 2 is 1.90 bits per heavy atom. The molecule has 0 aliphatic heterocycles. The van der Waals surface area contributed by atoms with Gasteiger partial charge in [-0.1, -0.05) is 54.1 Å². The topological polar surface area (TPSA) is 29.1 Å². The Morgan fingerprint density at radius 3 is 2.60 bits per heavy atom. The third-order valence-corrected chi connectivity index (χ3v) is 3.06. The van der Waals surface area contributed by atoms with Crippen molar-refractivity contribution in [1.82, 2.24) is 5.32 Å². The van der Waals surface area contributed by atoms with E-state index in [1.54, 1.807) is 12.1 Å². The summed E-state index contributed by atoms with van der Waals surface area (Å²) in [5.74, 6) is -0.0751. The summed E-state index contributed by atoms with van der Waals surface area (Å²) in [4.78, 5) is 12.0. The second kappa shape index (κ2) is 6.92. The highest BCUT2D eigenvalue weighted by Gasteiger charge is 2.06. The summed E-state index contributed by atoms with van der Waals surface area (Å²) in [5.41, 5.74) is 1.67. The quantitative estimate of drug-likeness (QED) is 0.897. The van der Waals surface area contributed by atoms with Crippen LogP contribution in [0, 0.1) is 0 Å². The fraction of sp³-hybridized carbons (Fsp3) is 0.118. The van der Waals surface area contributed by atoms with Crippen molar-refractivity contribution in [2.75, 3.05) is 0 Å². The average Bonchev–Trinajstić information content (AvgIpc) is 2.46. The van der Waals surface area contributed by atoms with E-state index in [1.165, 1.54) is 0 Å². The van der Waals surface area contributed by atoms with E-state index in [0.717, 1.165) is 5.56 Å². The molecule has 102 valence electrons. The Balaban J connectivity index is 1.96. The van der Waals surface area contributed by atoms with Gasteiger partial charge < -0.3 is 5.32 Å². The standard InChI is InChI=1S/C17H16ClNO/c1-13(10-11-14-6-5-9-16(18)12-14)19-17(20)15-7-3-2-4-8-15/h2-13H,1H3,(H,19,20)/b11-10+/t13-/m1/s1. The normalized spacial score (nSPS) is 12.3. The molecule has 2 aromatic carbocycles. The van der Waals surface area contributed by atoms with E-state index >= 15 is 0 Å². The van der Waals surface area contributed by atoms with Crippen molar-refractivity contribution in [2.24, 2.45) is 0 Å². The predicted octanol–water partition coefficient (Wildman–Crippen LogP) is 4.17. The maximum atomic E-state index is 12.0. The third kappa shape index (κ3) is 4.25. The van der Waals surface area contributed by atoms with Gasteiger partial charge in [0.25, 0.3) is 5.91 Å². The van der Waals surface area contributed by atoms with Gasteiger partial charge in [-0.25, -0.2) is 0 Å². The van der Waals surface area contributed by atoms with Crippen LogP contribution in [0.1, 0.15) is 22.8 Å². The first-order valence-electron chi connectivity index (χ1n) is 6.45. The number of halogens is 1. The van der Waals surface area contributed by atoms with Crippen molar-refractivity contribution in [3.63, 3.8) is 0 Å². The molecule has 0 spiro atoms. The van der Waals surface area contributed by atoms with Crippen molar-refractivity contribution < 1.29 is 4.79 Å². The predicted molar refractivity (Wildman–Crippen MR) is 83.9 cm³/mol. The second-order valence-corrected chi connectivity index (χ2v) is 4.98. The first-order chi connectivity index (χ1) is 9.65. The second-order valence-electron chi connectivity index (χ2n) is 4.54. The molecule has 1 N–H and O–H groups in total. The van der Waals surface area contributed by atoms with Gasteiger partial charge in [-0.3, -0.25) is 4.79 Å². The fourth-order valence-electron chi connectivity index (χ4n) is 1.79. The van der Waals surface area contributed by atoms with Crippen molar-refractivity contribution >= 4 is 23.6 Å². The van der Waals surface area contributed by atoms with Gasteiger partial charge in [0.2, 0.25) is 0 Å². The lowest BCUT2D eigenvalue weighted by molar-refractivity contribution is 0.0947. The summed E-state index contributed by atoms with van der Waals surface area (Å²) >= 11 is 5.92. The molecule has 20 heavy (non-hydrogen) atoms. The molecule has 0 aliphatic rings. The van der Waals surface area contributed by atoms with Crippen LogP contribution in [0.5, 0.6) is 0 Å². The van der Waals surface area contributed by atoms with E-state index in [9.17, 15) is 4.79 Å². The van der Waals surface area contributed by atoms with Gasteiger partial charge in [-0.15, -0.1) is 0 Å². The zero-order chi connectivity index (χ0) is 14.4. The summed E-state index contributed by atoms with van der Waals surface area (Å²) in [7, 11) is 0. The van der Waals surface area contributed by atoms with Crippen molar-refractivity contribution in [3.8, 4) is 0 Å². The maximum Gasteiger partial charge on any atom is 0.251 e. The Hall–Kier alpha value is -2.06. The summed E-state index contributed by atoms with van der Waals surface area (Å²) < 4.78 is 0. The number of carbonyl (C=O) groups excluding carboxylic acids is 1. The largest absolute Gasteiger partial charge is 0.346 e. The first kappa shape index (κ1) is 14.4. The number of amides is 1. The van der Waals surface area contributed by atoms with Crippen LogP contribution in [0.4, 0.5) is 0 Å². The Labute approximate surface area is 124 Å². The maximum absolute atomic E-state index is 12.0. The summed E-state index contributed by atoms with van der Waals surface area (Å²) in [6, 6.07) is 16.7. The van der Waals surface area contributed by atoms with Crippen LogP contribution in [-0.2, 0) is 0 Å². The molecule has 0 radical (unpaired) electrons. The molecule has 1 atom stereocenters. The van der Waals surface area contributed by atoms with E-state index in [4.69, 9.17) is 11.6 Å². The summed E-state index contributed by atoms with van der Waals surface area (Å²) in [6.07, 6.45) is 3.88. The number of nitrogens with one attached hydrogen (secondary N) is 1. The SMILES string of the molecule is C[C@H](/C=C/c1cccc(Cl)c1)NC(=O)c1ccccc1. The molecule has 2 nitrogen and oxygen atoms in total. The summed E-state index contributed by atoms with van der Waals surface area (Å²) in [6.45, 7) is 1.93. The van der Waals surface area contributed by atoms with E-state index in [0.29, 0.717) is 10.6 Å². The van der Waals surface area contributed by atoms with Gasteiger partial charge in [-0.2, -0.15) is 0 Å². The molecule has 2 aromatic rings. The lowest BCUT2D eigenvalue weighted by atomic mass is 10.1. The molecule has 0 saturated heterocycles. The van der Waals surface area contributed by atoms with Gasteiger partial charge >= 0.3 is 0 Å². The highest BCUT2D eigenvalue weighted by molar-refractivity contribution is 6.30. The Kier molecular flexibility index (Phi) is 4.97. The van der Waals surface area contributed by atoms with Crippen LogP contribution in [0.3, 0.4) is 0 Å². The van der Waals surface area contributed by atoms with Crippen LogP contribution < -0.4 is 5.32 Å². The molecule has 0 heterocycles. The van der Waals surface area contributed by atoms with E-state index in [-0.39, 0.29) is 11.9 Å². The van der Waals surface area contributed by atoms with Crippen LogP contribution in [0.2, 0.25) is 5.02 Å². The monoisotopic (exact) mass is 285 g/mol. The van der Waals surface area contributed by atoms with Crippen LogP contribution in [0.15, 0.2) is 60.7 Å². The lowest BCUT2D eigenvalue weighted by Crippen LogP contribution is -2.30. The van der Waals surface area contributed by atoms with Gasteiger partial charge in [0.15, 0.2) is 0 Å². The smallest absolute Gasteiger partial charge is 0.251 e. The van der Waals surface area contributed by atoms with Gasteiger partial charge in [-0.05, 0) is 36.8 Å². The first-order valence-corrected chi connectivity index (χ1v) is 6.82. The molecule has 0 saturated carbocycles. The average molecular weight is 286 g/mol. The number of benzene rings is 2. The Morgan fingerprint density at radius 1 is 1.15 bits per heavy atom. The number of rotatable bonds is 4. The van der Waals surface area contributed by atoms with Gasteiger partial charge in [0.05, 0.1) is 0 Å². The van der Waals surface area contributed by atoms with E-state index in [2.05, 4.69) is 5.32 Å². The molecule has 0 aliphatic carbocycles. The molecular formula is C17H16ClNO. The fourth-order valence-corrected chi connectivity index (χ4v) is 1.99. The minimum Gasteiger partial charge on any atom is -0.346 e. The minimum atomic E-state index is -0.0751. The molecule has 3 heteroatoms. The highest BCUT2D eigenvalue weighted by atomic mass is 35.5. The molecule has 0 fully saturated rings. The van der Waals surface area contributed by atoms with Crippen LogP contribution in [0.25, 0.3) is 6.08 Å². The Bertz CT molecular complexity index is 607. The molecule has 0 aromatic heterocycles. The highest BCUT2D eigenvalue weighted by Crippen LogP contribution is 2.12. The number of hydrogen-bond acceptors (Lipinski definition) is 1. The lowest BCUT2D eigenvalue weighted by Gasteiger charge is -2.09. The molecule has 0 unspecified atom stereocenters. The molecule has 2 rings (SSSR count). The summed E-state index contributed by atoms with van der Waals surface area (Å²) in [5, 5.41) is 3.62. The molecule has 0 bridgehead atoms. The van der Waals surface area contributed by atoms with Crippen molar-refractivity contribution in [1.29, 1.82) is 0 Å². The zero-order valence-electron chi connectivity index (χ0n) is 11.2. The molecular weight excluding hydrogens is 270 g/mol. The third-order valence-electron chi connectivity index (χ3n) is 2.82. The van der Waals surface area contributed by atoms with Gasteiger partial charge in [0, 0.05) is 16.6 Å². The molecule has 1 amide bonds. The number of hydrogen-bond donors (Lipinski definition) is 1. The minimum absolute atomic E-state index is 0.0540. The van der Waals surface area contributed by atoms with Gasteiger partial charge in [0.1, 0.15) is 0 Å². The van der Waals surface area contributed by atoms with E-state index in [1.807, 2.05) is 61.5 Å².